The monoisotopic (exact) mass is 508 g/mol. The van der Waals surface area contributed by atoms with E-state index in [0.717, 1.165) is 27.6 Å². The van der Waals surface area contributed by atoms with Gasteiger partial charge in [0.25, 0.3) is 5.69 Å². The highest BCUT2D eigenvalue weighted by Gasteiger charge is 2.24. The first-order valence-corrected chi connectivity index (χ1v) is 12.2. The van der Waals surface area contributed by atoms with Crippen molar-refractivity contribution in [3.05, 3.63) is 142 Å². The maximum absolute atomic E-state index is 13.5. The van der Waals surface area contributed by atoms with Crippen molar-refractivity contribution in [1.29, 1.82) is 0 Å². The molecule has 0 aliphatic heterocycles. The summed E-state index contributed by atoms with van der Waals surface area (Å²) in [4.78, 5) is 28.3. The number of halogens is 1. The molecule has 2 heterocycles. The highest BCUT2D eigenvalue weighted by atomic mass is 19.1. The van der Waals surface area contributed by atoms with Gasteiger partial charge in [-0.3, -0.25) is 19.9 Å². The summed E-state index contributed by atoms with van der Waals surface area (Å²) in [5.41, 5.74) is 4.36. The molecule has 190 valence electrons. The number of benzene rings is 3. The molecule has 38 heavy (non-hydrogen) atoms. The molecule has 7 nitrogen and oxygen atoms in total. The second-order valence-electron chi connectivity index (χ2n) is 9.10. The molecule has 0 saturated heterocycles. The number of carbonyl (C=O) groups excluding carboxylic acids is 1. The maximum atomic E-state index is 13.5. The summed E-state index contributed by atoms with van der Waals surface area (Å²) in [6.07, 6.45) is 5.44. The Balaban J connectivity index is 1.52. The van der Waals surface area contributed by atoms with Crippen LogP contribution in [0.25, 0.3) is 10.9 Å². The Labute approximate surface area is 218 Å². The smallest absolute Gasteiger partial charge is 0.269 e. The first kappa shape index (κ1) is 24.8. The molecule has 0 bridgehead atoms. The van der Waals surface area contributed by atoms with Crippen molar-refractivity contribution < 1.29 is 14.1 Å². The summed E-state index contributed by atoms with van der Waals surface area (Å²) in [7, 11) is 0. The summed E-state index contributed by atoms with van der Waals surface area (Å²) in [6.45, 7) is 0.867. The number of nitro groups is 1. The van der Waals surface area contributed by atoms with Crippen LogP contribution >= 0.6 is 0 Å². The number of hydrogen-bond donors (Lipinski definition) is 1. The van der Waals surface area contributed by atoms with E-state index in [9.17, 15) is 19.3 Å². The minimum atomic E-state index is -0.429. The fourth-order valence-corrected chi connectivity index (χ4v) is 4.69. The summed E-state index contributed by atoms with van der Waals surface area (Å²) in [6, 6.07) is 24.3. The van der Waals surface area contributed by atoms with E-state index in [2.05, 4.69) is 14.9 Å². The van der Waals surface area contributed by atoms with Crippen LogP contribution in [0.5, 0.6) is 0 Å². The van der Waals surface area contributed by atoms with Crippen LogP contribution in [-0.4, -0.2) is 20.4 Å². The predicted octanol–water partition coefficient (Wildman–Crippen LogP) is 5.97. The Morgan fingerprint density at radius 3 is 2.50 bits per heavy atom. The number of rotatable bonds is 9. The van der Waals surface area contributed by atoms with Crippen molar-refractivity contribution in [2.24, 2.45) is 0 Å². The van der Waals surface area contributed by atoms with Crippen molar-refractivity contribution >= 4 is 22.5 Å². The molecule has 5 rings (SSSR count). The number of hydrogen-bond acceptors (Lipinski definition) is 4. The molecule has 3 aromatic carbocycles. The number of nitro benzene ring substituents is 1. The van der Waals surface area contributed by atoms with Crippen LogP contribution in [0.1, 0.15) is 34.6 Å². The van der Waals surface area contributed by atoms with Crippen LogP contribution < -0.4 is 5.32 Å². The molecule has 0 saturated carbocycles. The Hall–Kier alpha value is -4.85. The Morgan fingerprint density at radius 1 is 0.974 bits per heavy atom. The average Bonchev–Trinajstić information content (AvgIpc) is 3.30. The maximum Gasteiger partial charge on any atom is 0.269 e. The standard InChI is InChI=1S/C30H25FN4O3/c31-24-10-8-22(9-11-24)19-34-20-28(26-6-1-2-7-29(26)34)27(23-4-3-5-25(16-23)35(37)38)17-30(36)33-18-21-12-14-32-15-13-21/h1-16,20,27H,17-19H2,(H,33,36). The second kappa shape index (κ2) is 11.0. The molecular weight excluding hydrogens is 483 g/mol. The van der Waals surface area contributed by atoms with Crippen molar-refractivity contribution in [3.8, 4) is 0 Å². The molecular formula is C30H25FN4O3. The minimum Gasteiger partial charge on any atom is -0.352 e. The molecule has 5 aromatic rings. The van der Waals surface area contributed by atoms with E-state index in [0.29, 0.717) is 18.7 Å². The fourth-order valence-electron chi connectivity index (χ4n) is 4.69. The highest BCUT2D eigenvalue weighted by Crippen LogP contribution is 2.36. The topological polar surface area (TPSA) is 90.1 Å². The van der Waals surface area contributed by atoms with Crippen molar-refractivity contribution in [3.63, 3.8) is 0 Å². The second-order valence-corrected chi connectivity index (χ2v) is 9.10. The molecule has 0 radical (unpaired) electrons. The van der Waals surface area contributed by atoms with Gasteiger partial charge in [-0.1, -0.05) is 42.5 Å². The zero-order chi connectivity index (χ0) is 26.5. The summed E-state index contributed by atoms with van der Waals surface area (Å²) >= 11 is 0. The Kier molecular flexibility index (Phi) is 7.21. The lowest BCUT2D eigenvalue weighted by Crippen LogP contribution is -2.25. The van der Waals surface area contributed by atoms with E-state index < -0.39 is 10.8 Å². The van der Waals surface area contributed by atoms with Crippen LogP contribution in [0.3, 0.4) is 0 Å². The van der Waals surface area contributed by atoms with Crippen LogP contribution in [-0.2, 0) is 17.9 Å². The molecule has 8 heteroatoms. The third-order valence-electron chi connectivity index (χ3n) is 6.57. The first-order valence-electron chi connectivity index (χ1n) is 12.2. The predicted molar refractivity (Wildman–Crippen MR) is 143 cm³/mol. The summed E-state index contributed by atoms with van der Waals surface area (Å²) < 4.78 is 15.5. The zero-order valence-corrected chi connectivity index (χ0v) is 20.5. The average molecular weight is 509 g/mol. The van der Waals surface area contributed by atoms with Gasteiger partial charge in [0.2, 0.25) is 5.91 Å². The van der Waals surface area contributed by atoms with E-state index in [1.54, 1.807) is 30.6 Å². The van der Waals surface area contributed by atoms with Gasteiger partial charge in [-0.2, -0.15) is 0 Å². The van der Waals surface area contributed by atoms with Gasteiger partial charge in [0.1, 0.15) is 5.82 Å². The first-order chi connectivity index (χ1) is 18.5. The number of amides is 1. The molecule has 0 fully saturated rings. The van der Waals surface area contributed by atoms with Crippen LogP contribution in [0.2, 0.25) is 0 Å². The number of carbonyl (C=O) groups is 1. The molecule has 0 aliphatic carbocycles. The lowest BCUT2D eigenvalue weighted by atomic mass is 9.87. The van der Waals surface area contributed by atoms with Gasteiger partial charge in [-0.05, 0) is 52.6 Å². The summed E-state index contributed by atoms with van der Waals surface area (Å²) in [5, 5.41) is 15.4. The normalized spacial score (nSPS) is 11.8. The lowest BCUT2D eigenvalue weighted by molar-refractivity contribution is -0.384. The molecule has 2 aromatic heterocycles. The van der Waals surface area contributed by atoms with E-state index in [-0.39, 0.29) is 23.8 Å². The zero-order valence-electron chi connectivity index (χ0n) is 20.5. The van der Waals surface area contributed by atoms with Gasteiger partial charge in [-0.25, -0.2) is 4.39 Å². The van der Waals surface area contributed by atoms with Gasteiger partial charge in [-0.15, -0.1) is 0 Å². The number of para-hydroxylation sites is 1. The molecule has 1 unspecified atom stereocenters. The molecule has 1 N–H and O–H groups in total. The van der Waals surface area contributed by atoms with Gasteiger partial charge in [0.15, 0.2) is 0 Å². The van der Waals surface area contributed by atoms with Gasteiger partial charge in [0.05, 0.1) is 4.92 Å². The number of pyridine rings is 1. The quantitative estimate of drug-likeness (QED) is 0.196. The number of aromatic nitrogens is 2. The van der Waals surface area contributed by atoms with Gasteiger partial charge in [0, 0.05) is 67.1 Å². The van der Waals surface area contributed by atoms with Gasteiger partial charge >= 0.3 is 0 Å². The SMILES string of the molecule is O=C(CC(c1cccc([N+](=O)[O-])c1)c1cn(Cc2ccc(F)cc2)c2ccccc12)NCc1ccncc1. The molecule has 0 spiro atoms. The van der Waals surface area contributed by atoms with Crippen LogP contribution in [0.4, 0.5) is 10.1 Å². The third-order valence-corrected chi connectivity index (χ3v) is 6.57. The number of non-ortho nitro benzene ring substituents is 1. The highest BCUT2D eigenvalue weighted by molar-refractivity contribution is 5.87. The van der Waals surface area contributed by atoms with Crippen molar-refractivity contribution in [1.82, 2.24) is 14.9 Å². The van der Waals surface area contributed by atoms with Crippen molar-refractivity contribution in [2.75, 3.05) is 0 Å². The third kappa shape index (κ3) is 5.59. The number of nitrogens with zero attached hydrogens (tertiary/aromatic N) is 3. The summed E-state index contributed by atoms with van der Waals surface area (Å²) in [5.74, 6) is -0.893. The Bertz CT molecular complexity index is 1580. The lowest BCUT2D eigenvalue weighted by Gasteiger charge is -2.17. The van der Waals surface area contributed by atoms with E-state index in [4.69, 9.17) is 0 Å². The van der Waals surface area contributed by atoms with Crippen LogP contribution in [0.15, 0.2) is 104 Å². The molecule has 0 aliphatic rings. The minimum absolute atomic E-state index is 0.0280. The van der Waals surface area contributed by atoms with E-state index >= 15 is 0 Å². The Morgan fingerprint density at radius 2 is 1.74 bits per heavy atom. The van der Waals surface area contributed by atoms with Crippen LogP contribution in [0, 0.1) is 15.9 Å². The molecule has 1 amide bonds. The largest absolute Gasteiger partial charge is 0.352 e. The fraction of sp³-hybridized carbons (Fsp3) is 0.133. The van der Waals surface area contributed by atoms with Gasteiger partial charge < -0.3 is 9.88 Å². The van der Waals surface area contributed by atoms with E-state index in [1.807, 2.05) is 48.7 Å². The number of fused-ring (bicyclic) bond motifs is 1. The molecule has 1 atom stereocenters. The van der Waals surface area contributed by atoms with Crippen molar-refractivity contribution in [2.45, 2.75) is 25.4 Å². The van der Waals surface area contributed by atoms with E-state index in [1.165, 1.54) is 24.3 Å². The number of nitrogens with one attached hydrogen (secondary N) is 1.